The number of methoxy groups -OCH3 is 1. The molecule has 0 bridgehead atoms. The minimum atomic E-state index is 0.284. The number of para-hydroxylation sites is 1. The number of benzene rings is 2. The van der Waals surface area contributed by atoms with Gasteiger partial charge in [-0.2, -0.15) is 0 Å². The van der Waals surface area contributed by atoms with Crippen LogP contribution < -0.4 is 15.4 Å². The largest absolute Gasteiger partial charge is 0.479 e. The molecule has 0 saturated carbocycles. The molecule has 0 aliphatic heterocycles. The van der Waals surface area contributed by atoms with Gasteiger partial charge in [-0.3, -0.25) is 0 Å². The van der Waals surface area contributed by atoms with E-state index in [0.29, 0.717) is 5.88 Å². The molecule has 2 aromatic carbocycles. The van der Waals surface area contributed by atoms with Gasteiger partial charge in [-0.25, -0.2) is 4.98 Å². The van der Waals surface area contributed by atoms with E-state index in [9.17, 15) is 0 Å². The molecule has 0 unspecified atom stereocenters. The van der Waals surface area contributed by atoms with Crippen LogP contribution in [-0.4, -0.2) is 18.1 Å². The molecule has 0 spiro atoms. The summed E-state index contributed by atoms with van der Waals surface area (Å²) < 4.78 is 5.59. The molecule has 2 N–H and O–H groups in total. The van der Waals surface area contributed by atoms with Crippen LogP contribution in [0.3, 0.4) is 0 Å². The van der Waals surface area contributed by atoms with Gasteiger partial charge >= 0.3 is 0 Å². The molecule has 0 fully saturated rings. The summed E-state index contributed by atoms with van der Waals surface area (Å²) in [6.45, 7) is 4.22. The Bertz CT molecular complexity index is 817. The number of rotatable bonds is 6. The van der Waals surface area contributed by atoms with Crippen molar-refractivity contribution in [1.82, 2.24) is 4.98 Å². The van der Waals surface area contributed by atoms with E-state index in [-0.39, 0.29) is 6.04 Å². The highest BCUT2D eigenvalue weighted by atomic mass is 16.5. The maximum absolute atomic E-state index is 5.59. The van der Waals surface area contributed by atoms with Crippen LogP contribution in [0, 0.1) is 0 Å². The van der Waals surface area contributed by atoms with E-state index < -0.39 is 0 Å². The van der Waals surface area contributed by atoms with E-state index in [4.69, 9.17) is 9.72 Å². The molecule has 4 nitrogen and oxygen atoms in total. The number of hydrogen-bond acceptors (Lipinski definition) is 4. The van der Waals surface area contributed by atoms with Gasteiger partial charge in [0.15, 0.2) is 0 Å². The summed E-state index contributed by atoms with van der Waals surface area (Å²) in [5, 5.41) is 6.92. The molecule has 0 radical (unpaired) electrons. The first-order chi connectivity index (χ1) is 12.2. The van der Waals surface area contributed by atoms with Crippen LogP contribution in [0.25, 0.3) is 11.3 Å². The number of pyridine rings is 1. The third-order valence-electron chi connectivity index (χ3n) is 3.74. The zero-order valence-corrected chi connectivity index (χ0v) is 14.8. The van der Waals surface area contributed by atoms with Gasteiger partial charge < -0.3 is 15.4 Å². The molecule has 0 aliphatic carbocycles. The summed E-state index contributed by atoms with van der Waals surface area (Å²) in [5.74, 6) is 0.563. The van der Waals surface area contributed by atoms with Crippen molar-refractivity contribution in [3.8, 4) is 17.1 Å². The molecule has 0 atom stereocenters. The minimum Gasteiger partial charge on any atom is -0.479 e. The maximum atomic E-state index is 5.59. The van der Waals surface area contributed by atoms with Crippen LogP contribution in [-0.2, 0) is 0 Å². The van der Waals surface area contributed by atoms with E-state index in [2.05, 4.69) is 30.5 Å². The van der Waals surface area contributed by atoms with Crippen LogP contribution in [0.2, 0.25) is 0 Å². The number of hydrogen-bond donors (Lipinski definition) is 2. The summed E-state index contributed by atoms with van der Waals surface area (Å²) in [7, 11) is 1.65. The molecule has 128 valence electrons. The molecule has 4 heteroatoms. The summed E-state index contributed by atoms with van der Waals surface area (Å²) in [6.07, 6.45) is 0. The van der Waals surface area contributed by atoms with Gasteiger partial charge in [-0.05, 0) is 32.0 Å². The normalized spacial score (nSPS) is 10.6. The minimum absolute atomic E-state index is 0.284. The van der Waals surface area contributed by atoms with Crippen LogP contribution >= 0.6 is 0 Å². The Hall–Kier alpha value is -3.01. The van der Waals surface area contributed by atoms with Crippen LogP contribution in [0.1, 0.15) is 13.8 Å². The quantitative estimate of drug-likeness (QED) is 0.641. The first-order valence-corrected chi connectivity index (χ1v) is 8.40. The Labute approximate surface area is 148 Å². The number of nitrogens with one attached hydrogen (secondary N) is 2. The van der Waals surface area contributed by atoms with Gasteiger partial charge in [0.1, 0.15) is 5.69 Å². The smallest absolute Gasteiger partial charge is 0.240 e. The molecule has 1 aromatic heterocycles. The van der Waals surface area contributed by atoms with E-state index in [1.807, 2.05) is 60.7 Å². The van der Waals surface area contributed by atoms with Gasteiger partial charge in [0.2, 0.25) is 5.88 Å². The molecule has 25 heavy (non-hydrogen) atoms. The average Bonchev–Trinajstić information content (AvgIpc) is 2.64. The molecule has 3 aromatic rings. The fourth-order valence-corrected chi connectivity index (χ4v) is 2.64. The first kappa shape index (κ1) is 16.8. The lowest BCUT2D eigenvalue weighted by atomic mass is 10.1. The third-order valence-corrected chi connectivity index (χ3v) is 3.74. The Morgan fingerprint density at radius 3 is 2.16 bits per heavy atom. The SMILES string of the molecule is COc1nc(-c2ccccc2)cc(NC(C)C)c1Nc1ccccc1. The molecule has 0 amide bonds. The van der Waals surface area contributed by atoms with Crippen LogP contribution in [0.4, 0.5) is 17.1 Å². The lowest BCUT2D eigenvalue weighted by Gasteiger charge is -2.19. The van der Waals surface area contributed by atoms with Crippen LogP contribution in [0.5, 0.6) is 5.88 Å². The van der Waals surface area contributed by atoms with Gasteiger partial charge in [-0.1, -0.05) is 48.5 Å². The Morgan fingerprint density at radius 1 is 0.920 bits per heavy atom. The second kappa shape index (κ2) is 7.71. The maximum Gasteiger partial charge on any atom is 0.240 e. The summed E-state index contributed by atoms with van der Waals surface area (Å²) >= 11 is 0. The fraction of sp³-hybridized carbons (Fsp3) is 0.190. The van der Waals surface area contributed by atoms with Gasteiger partial charge in [0.05, 0.1) is 18.5 Å². The second-order valence-electron chi connectivity index (χ2n) is 6.10. The molecule has 0 saturated heterocycles. The highest BCUT2D eigenvalue weighted by molar-refractivity contribution is 5.82. The molecular formula is C21H23N3O. The lowest BCUT2D eigenvalue weighted by molar-refractivity contribution is 0.401. The zero-order valence-electron chi connectivity index (χ0n) is 14.8. The van der Waals surface area contributed by atoms with Gasteiger partial charge in [0.25, 0.3) is 0 Å². The monoisotopic (exact) mass is 333 g/mol. The topological polar surface area (TPSA) is 46.2 Å². The van der Waals surface area contributed by atoms with E-state index in [1.54, 1.807) is 7.11 Å². The lowest BCUT2D eigenvalue weighted by Crippen LogP contribution is -2.12. The van der Waals surface area contributed by atoms with Crippen molar-refractivity contribution in [1.29, 1.82) is 0 Å². The van der Waals surface area contributed by atoms with Crippen molar-refractivity contribution >= 4 is 17.1 Å². The Morgan fingerprint density at radius 2 is 1.56 bits per heavy atom. The molecule has 0 aliphatic rings. The zero-order chi connectivity index (χ0) is 17.6. The highest BCUT2D eigenvalue weighted by Gasteiger charge is 2.15. The van der Waals surface area contributed by atoms with Crippen molar-refractivity contribution in [2.45, 2.75) is 19.9 Å². The molecular weight excluding hydrogens is 310 g/mol. The standard InChI is InChI=1S/C21H23N3O/c1-15(2)22-19-14-18(16-10-6-4-7-11-16)24-21(25-3)20(19)23-17-12-8-5-9-13-17/h4-15,23H,1-3H3,(H,22,24). The van der Waals surface area contributed by atoms with Gasteiger partial charge in [-0.15, -0.1) is 0 Å². The summed E-state index contributed by atoms with van der Waals surface area (Å²) in [4.78, 5) is 4.70. The second-order valence-corrected chi connectivity index (χ2v) is 6.10. The van der Waals surface area contributed by atoms with E-state index >= 15 is 0 Å². The number of aromatic nitrogens is 1. The Balaban J connectivity index is 2.08. The predicted octanol–water partition coefficient (Wildman–Crippen LogP) is 5.32. The van der Waals surface area contributed by atoms with Crippen molar-refractivity contribution in [3.05, 3.63) is 66.7 Å². The number of ether oxygens (including phenoxy) is 1. The van der Waals surface area contributed by atoms with Crippen molar-refractivity contribution in [2.75, 3.05) is 17.7 Å². The van der Waals surface area contributed by atoms with E-state index in [0.717, 1.165) is 28.3 Å². The van der Waals surface area contributed by atoms with Gasteiger partial charge in [0, 0.05) is 17.3 Å². The van der Waals surface area contributed by atoms with Crippen LogP contribution in [0.15, 0.2) is 66.7 Å². The highest BCUT2D eigenvalue weighted by Crippen LogP contribution is 2.37. The van der Waals surface area contributed by atoms with Crippen molar-refractivity contribution < 1.29 is 4.74 Å². The van der Waals surface area contributed by atoms with Crippen molar-refractivity contribution in [3.63, 3.8) is 0 Å². The van der Waals surface area contributed by atoms with E-state index in [1.165, 1.54) is 0 Å². The third kappa shape index (κ3) is 4.10. The fourth-order valence-electron chi connectivity index (χ4n) is 2.64. The molecule has 1 heterocycles. The summed E-state index contributed by atoms with van der Waals surface area (Å²) in [5.41, 5.74) is 4.71. The predicted molar refractivity (Wildman–Crippen MR) is 105 cm³/mol. The number of nitrogens with zero attached hydrogens (tertiary/aromatic N) is 1. The molecule has 3 rings (SSSR count). The summed E-state index contributed by atoms with van der Waals surface area (Å²) in [6, 6.07) is 22.5. The first-order valence-electron chi connectivity index (χ1n) is 8.40. The number of anilines is 3. The Kier molecular flexibility index (Phi) is 5.19. The van der Waals surface area contributed by atoms with Crippen molar-refractivity contribution in [2.24, 2.45) is 0 Å². The average molecular weight is 333 g/mol.